The maximum Gasteiger partial charge on any atom is 0.573 e. The van der Waals surface area contributed by atoms with Crippen molar-refractivity contribution < 1.29 is 27.4 Å². The molecule has 1 amide bonds. The molecule has 6 nitrogen and oxygen atoms in total. The SMILES string of the molecule is O=C(COc1ccccc1)NCCCn1c(-c2ccc(OC(F)(F)F)cc2)csc1=NCc1ccc(Cl)cc1. The van der Waals surface area contributed by atoms with Gasteiger partial charge in [-0.15, -0.1) is 24.5 Å². The van der Waals surface area contributed by atoms with Crippen LogP contribution in [0.5, 0.6) is 11.5 Å². The van der Waals surface area contributed by atoms with Crippen LogP contribution in [0.4, 0.5) is 13.2 Å². The Kier molecular flexibility index (Phi) is 9.67. The molecule has 0 aliphatic rings. The molecule has 0 saturated heterocycles. The van der Waals surface area contributed by atoms with E-state index in [2.05, 4.69) is 10.1 Å². The number of nitrogens with zero attached hydrogens (tertiary/aromatic N) is 2. The van der Waals surface area contributed by atoms with Crippen molar-refractivity contribution in [3.8, 4) is 22.8 Å². The first-order chi connectivity index (χ1) is 18.8. The molecule has 3 aromatic carbocycles. The van der Waals surface area contributed by atoms with Crippen LogP contribution in [-0.4, -0.2) is 30.0 Å². The Morgan fingerprint density at radius 2 is 1.69 bits per heavy atom. The van der Waals surface area contributed by atoms with E-state index in [9.17, 15) is 18.0 Å². The van der Waals surface area contributed by atoms with Crippen LogP contribution in [0.1, 0.15) is 12.0 Å². The normalized spacial score (nSPS) is 11.8. The third kappa shape index (κ3) is 8.90. The van der Waals surface area contributed by atoms with Gasteiger partial charge in [0.15, 0.2) is 11.4 Å². The van der Waals surface area contributed by atoms with Gasteiger partial charge in [-0.2, -0.15) is 0 Å². The number of halogens is 4. The topological polar surface area (TPSA) is 64.8 Å². The molecule has 0 spiro atoms. The Balaban J connectivity index is 1.45. The highest BCUT2D eigenvalue weighted by Crippen LogP contribution is 2.27. The zero-order chi connectivity index (χ0) is 27.7. The van der Waals surface area contributed by atoms with Crippen LogP contribution >= 0.6 is 22.9 Å². The Labute approximate surface area is 232 Å². The molecule has 0 bridgehead atoms. The molecule has 0 aliphatic carbocycles. The quantitative estimate of drug-likeness (QED) is 0.209. The Bertz CT molecular complexity index is 1420. The second-order valence-electron chi connectivity index (χ2n) is 8.38. The number of benzene rings is 3. The molecule has 4 rings (SSSR count). The van der Waals surface area contributed by atoms with E-state index in [4.69, 9.17) is 21.3 Å². The molecule has 204 valence electrons. The third-order valence-corrected chi connectivity index (χ3v) is 6.64. The van der Waals surface area contributed by atoms with Crippen LogP contribution < -0.4 is 19.6 Å². The highest BCUT2D eigenvalue weighted by molar-refractivity contribution is 7.07. The monoisotopic (exact) mass is 575 g/mol. The highest BCUT2D eigenvalue weighted by atomic mass is 35.5. The number of carbonyl (C=O) groups is 1. The number of para-hydroxylation sites is 1. The summed E-state index contributed by atoms with van der Waals surface area (Å²) in [7, 11) is 0. The number of ether oxygens (including phenoxy) is 2. The molecule has 1 N–H and O–H groups in total. The molecular weight excluding hydrogens is 551 g/mol. The minimum absolute atomic E-state index is 0.0884. The summed E-state index contributed by atoms with van der Waals surface area (Å²) in [5.41, 5.74) is 2.50. The summed E-state index contributed by atoms with van der Waals surface area (Å²) in [5.74, 6) is 0.0909. The second-order valence-corrected chi connectivity index (χ2v) is 9.65. The van der Waals surface area contributed by atoms with E-state index in [0.717, 1.165) is 16.1 Å². The van der Waals surface area contributed by atoms with Gasteiger partial charge in [-0.05, 0) is 66.1 Å². The van der Waals surface area contributed by atoms with Gasteiger partial charge in [-0.25, -0.2) is 0 Å². The van der Waals surface area contributed by atoms with Gasteiger partial charge in [0.05, 0.1) is 12.2 Å². The van der Waals surface area contributed by atoms with Crippen LogP contribution in [0, 0.1) is 0 Å². The molecule has 11 heteroatoms. The van der Waals surface area contributed by atoms with Crippen molar-refractivity contribution in [2.75, 3.05) is 13.2 Å². The van der Waals surface area contributed by atoms with Crippen molar-refractivity contribution in [1.29, 1.82) is 0 Å². The zero-order valence-electron chi connectivity index (χ0n) is 20.7. The van der Waals surface area contributed by atoms with Crippen LogP contribution in [0.3, 0.4) is 0 Å². The van der Waals surface area contributed by atoms with Crippen LogP contribution in [0.2, 0.25) is 5.02 Å². The Morgan fingerprint density at radius 1 is 0.974 bits per heavy atom. The summed E-state index contributed by atoms with van der Waals surface area (Å²) in [4.78, 5) is 17.7. The van der Waals surface area contributed by atoms with Gasteiger partial charge < -0.3 is 19.4 Å². The minimum Gasteiger partial charge on any atom is -0.484 e. The number of hydrogen-bond acceptors (Lipinski definition) is 5. The van der Waals surface area contributed by atoms with E-state index in [1.807, 2.05) is 40.3 Å². The van der Waals surface area contributed by atoms with E-state index in [1.165, 1.54) is 23.5 Å². The highest BCUT2D eigenvalue weighted by Gasteiger charge is 2.31. The summed E-state index contributed by atoms with van der Waals surface area (Å²) >= 11 is 7.40. The molecule has 0 saturated carbocycles. The maximum absolute atomic E-state index is 12.6. The average molecular weight is 576 g/mol. The molecule has 0 atom stereocenters. The lowest BCUT2D eigenvalue weighted by Gasteiger charge is -2.12. The third-order valence-electron chi connectivity index (χ3n) is 5.49. The molecule has 4 aromatic rings. The maximum atomic E-state index is 12.6. The van der Waals surface area contributed by atoms with Gasteiger partial charge in [0.25, 0.3) is 5.91 Å². The van der Waals surface area contributed by atoms with Gasteiger partial charge in [0.1, 0.15) is 11.5 Å². The number of amides is 1. The van der Waals surface area contributed by atoms with E-state index in [1.54, 1.807) is 36.4 Å². The van der Waals surface area contributed by atoms with Crippen LogP contribution in [0.15, 0.2) is 89.2 Å². The average Bonchev–Trinajstić information content (AvgIpc) is 3.32. The molecule has 1 heterocycles. The fourth-order valence-electron chi connectivity index (χ4n) is 3.66. The van der Waals surface area contributed by atoms with E-state index in [-0.39, 0.29) is 18.3 Å². The van der Waals surface area contributed by atoms with Gasteiger partial charge in [0, 0.05) is 23.5 Å². The molecular formula is C28H25ClF3N3O3S. The fourth-order valence-corrected chi connectivity index (χ4v) is 4.72. The van der Waals surface area contributed by atoms with Crippen molar-refractivity contribution in [2.45, 2.75) is 25.9 Å². The number of thiazole rings is 1. The van der Waals surface area contributed by atoms with Crippen molar-refractivity contribution in [3.63, 3.8) is 0 Å². The standard InChI is InChI=1S/C28H25ClF3N3O3S/c29-22-11-7-20(8-12-22)17-34-27-35(16-4-15-33-26(36)18-37-23-5-2-1-3-6-23)25(19-39-27)21-9-13-24(14-10-21)38-28(30,31)32/h1-3,5-14,19H,4,15-18H2,(H,33,36). The Morgan fingerprint density at radius 3 is 2.38 bits per heavy atom. The summed E-state index contributed by atoms with van der Waals surface area (Å²) in [6, 6.07) is 22.2. The van der Waals surface area contributed by atoms with Crippen LogP contribution in [-0.2, 0) is 17.9 Å². The second kappa shape index (κ2) is 13.3. The Hall–Kier alpha value is -3.76. The minimum atomic E-state index is -4.76. The molecule has 0 radical (unpaired) electrons. The number of hydrogen-bond donors (Lipinski definition) is 1. The summed E-state index contributed by atoms with van der Waals surface area (Å²) < 4.78 is 49.1. The first-order valence-electron chi connectivity index (χ1n) is 12.0. The van der Waals surface area contributed by atoms with E-state index < -0.39 is 6.36 Å². The molecule has 1 aromatic heterocycles. The van der Waals surface area contributed by atoms with Crippen molar-refractivity contribution >= 4 is 28.8 Å². The lowest BCUT2D eigenvalue weighted by Crippen LogP contribution is -2.30. The lowest BCUT2D eigenvalue weighted by atomic mass is 10.1. The first-order valence-corrected chi connectivity index (χ1v) is 13.3. The fraction of sp³-hybridized carbons (Fsp3) is 0.214. The summed E-state index contributed by atoms with van der Waals surface area (Å²) in [6.07, 6.45) is -4.15. The molecule has 0 aliphatic heterocycles. The van der Waals surface area contributed by atoms with Crippen LogP contribution in [0.25, 0.3) is 11.3 Å². The summed E-state index contributed by atoms with van der Waals surface area (Å²) in [5, 5.41) is 5.40. The predicted octanol–water partition coefficient (Wildman–Crippen LogP) is 6.45. The number of carbonyl (C=O) groups excluding carboxylic acids is 1. The van der Waals surface area contributed by atoms with Gasteiger partial charge in [0.2, 0.25) is 0 Å². The van der Waals surface area contributed by atoms with Gasteiger partial charge in [-0.1, -0.05) is 41.9 Å². The lowest BCUT2D eigenvalue weighted by molar-refractivity contribution is -0.274. The molecule has 0 unspecified atom stereocenters. The summed E-state index contributed by atoms with van der Waals surface area (Å²) in [6.45, 7) is 1.28. The predicted molar refractivity (Wildman–Crippen MR) is 145 cm³/mol. The number of alkyl halides is 3. The van der Waals surface area contributed by atoms with Crippen molar-refractivity contribution in [2.24, 2.45) is 4.99 Å². The van der Waals surface area contributed by atoms with E-state index >= 15 is 0 Å². The molecule has 0 fully saturated rings. The van der Waals surface area contributed by atoms with Gasteiger partial charge >= 0.3 is 6.36 Å². The number of aromatic nitrogens is 1. The smallest absolute Gasteiger partial charge is 0.484 e. The van der Waals surface area contributed by atoms with E-state index in [0.29, 0.717) is 42.4 Å². The number of nitrogens with one attached hydrogen (secondary N) is 1. The molecule has 39 heavy (non-hydrogen) atoms. The van der Waals surface area contributed by atoms with Crippen molar-refractivity contribution in [3.05, 3.63) is 99.6 Å². The number of rotatable bonds is 11. The van der Waals surface area contributed by atoms with Gasteiger partial charge in [-0.3, -0.25) is 9.79 Å². The van der Waals surface area contributed by atoms with Crippen molar-refractivity contribution in [1.82, 2.24) is 9.88 Å². The first kappa shape index (κ1) is 28.3. The largest absolute Gasteiger partial charge is 0.573 e. The zero-order valence-corrected chi connectivity index (χ0v) is 22.2.